The number of rotatable bonds is 2. The number of anilines is 1. The molecule has 0 aliphatic rings. The molecular formula is C11H10ClN7. The molecule has 3 rings (SSSR count). The van der Waals surface area contributed by atoms with Crippen molar-refractivity contribution < 1.29 is 0 Å². The van der Waals surface area contributed by atoms with Crippen LogP contribution in [0.1, 0.15) is 5.56 Å². The summed E-state index contributed by atoms with van der Waals surface area (Å²) in [5.41, 5.74) is 5.47. The van der Waals surface area contributed by atoms with Gasteiger partial charge in [0.1, 0.15) is 6.33 Å². The molecule has 3 aromatic rings. The van der Waals surface area contributed by atoms with Gasteiger partial charge in [-0.05, 0) is 30.2 Å². The molecule has 8 heteroatoms. The average molecular weight is 276 g/mol. The number of fused-ring (bicyclic) bond motifs is 1. The van der Waals surface area contributed by atoms with E-state index in [9.17, 15) is 0 Å². The number of halogens is 1. The van der Waals surface area contributed by atoms with Gasteiger partial charge < -0.3 is 5.43 Å². The van der Waals surface area contributed by atoms with Crippen molar-refractivity contribution in [2.75, 3.05) is 5.43 Å². The fourth-order valence-corrected chi connectivity index (χ4v) is 2.00. The van der Waals surface area contributed by atoms with E-state index in [0.717, 1.165) is 11.3 Å². The summed E-state index contributed by atoms with van der Waals surface area (Å²) in [7, 11) is 0. The third-order valence-corrected chi connectivity index (χ3v) is 2.81. The van der Waals surface area contributed by atoms with Gasteiger partial charge in [0.25, 0.3) is 0 Å². The molecule has 0 aliphatic carbocycles. The summed E-state index contributed by atoms with van der Waals surface area (Å²) in [6.07, 6.45) is 5.13. The molecule has 0 fully saturated rings. The highest BCUT2D eigenvalue weighted by atomic mass is 35.5. The predicted molar refractivity (Wildman–Crippen MR) is 72.0 cm³/mol. The number of pyridine rings is 1. The van der Waals surface area contributed by atoms with Gasteiger partial charge >= 0.3 is 0 Å². The zero-order valence-corrected chi connectivity index (χ0v) is 10.8. The van der Waals surface area contributed by atoms with Crippen molar-refractivity contribution in [2.45, 2.75) is 6.92 Å². The Morgan fingerprint density at radius 2 is 2.16 bits per heavy atom. The first-order valence-electron chi connectivity index (χ1n) is 5.48. The van der Waals surface area contributed by atoms with E-state index >= 15 is 0 Å². The Hall–Kier alpha value is -2.25. The molecule has 3 N–H and O–H groups in total. The highest BCUT2D eigenvalue weighted by Crippen LogP contribution is 2.22. The van der Waals surface area contributed by atoms with Gasteiger partial charge in [-0.2, -0.15) is 9.97 Å². The average Bonchev–Trinajstić information content (AvgIpc) is 2.81. The molecule has 96 valence electrons. The standard InChI is InChI=1S/C11H10ClN7/c1-6-2-7(4-14-3-6)19-5-15-8-9(18-13)16-11(12)17-10(8)19/h2-5H,13H2,1H3,(H,16,17,18). The van der Waals surface area contributed by atoms with Crippen molar-refractivity contribution in [2.24, 2.45) is 5.84 Å². The summed E-state index contributed by atoms with van der Waals surface area (Å²) in [4.78, 5) is 16.5. The van der Waals surface area contributed by atoms with Gasteiger partial charge in [0.2, 0.25) is 5.28 Å². The molecule has 0 aliphatic heterocycles. The molecule has 3 aromatic heterocycles. The van der Waals surface area contributed by atoms with E-state index in [1.54, 1.807) is 23.3 Å². The summed E-state index contributed by atoms with van der Waals surface area (Å²) in [6, 6.07) is 1.97. The monoisotopic (exact) mass is 275 g/mol. The lowest BCUT2D eigenvalue weighted by molar-refractivity contribution is 1.04. The fourth-order valence-electron chi connectivity index (χ4n) is 1.83. The molecule has 0 aromatic carbocycles. The first-order chi connectivity index (χ1) is 9.19. The van der Waals surface area contributed by atoms with Gasteiger partial charge in [-0.25, -0.2) is 10.8 Å². The molecule has 0 bridgehead atoms. The maximum Gasteiger partial charge on any atom is 0.226 e. The van der Waals surface area contributed by atoms with E-state index in [0.29, 0.717) is 17.0 Å². The van der Waals surface area contributed by atoms with Crippen LogP contribution in [-0.2, 0) is 0 Å². The van der Waals surface area contributed by atoms with Crippen LogP contribution in [0.4, 0.5) is 5.82 Å². The number of nitrogens with zero attached hydrogens (tertiary/aromatic N) is 5. The van der Waals surface area contributed by atoms with Crippen molar-refractivity contribution in [3.8, 4) is 5.69 Å². The lowest BCUT2D eigenvalue weighted by Crippen LogP contribution is -2.10. The van der Waals surface area contributed by atoms with Gasteiger partial charge in [-0.15, -0.1) is 0 Å². The minimum atomic E-state index is 0.0998. The summed E-state index contributed by atoms with van der Waals surface area (Å²) in [6.45, 7) is 1.96. The van der Waals surface area contributed by atoms with E-state index in [-0.39, 0.29) is 5.28 Å². The van der Waals surface area contributed by atoms with E-state index in [2.05, 4.69) is 25.4 Å². The maximum atomic E-state index is 5.88. The van der Waals surface area contributed by atoms with Crippen LogP contribution in [-0.4, -0.2) is 24.5 Å². The molecule has 0 spiro atoms. The second-order valence-corrected chi connectivity index (χ2v) is 4.33. The second kappa shape index (κ2) is 4.45. The largest absolute Gasteiger partial charge is 0.306 e. The Balaban J connectivity index is 2.28. The zero-order valence-electron chi connectivity index (χ0n) is 10.0. The maximum absolute atomic E-state index is 5.88. The number of nitrogen functional groups attached to an aromatic ring is 1. The molecule has 0 unspecified atom stereocenters. The van der Waals surface area contributed by atoms with Crippen LogP contribution in [0.3, 0.4) is 0 Å². The summed E-state index contributed by atoms with van der Waals surface area (Å²) in [5, 5.41) is 0.0998. The Kier molecular flexibility index (Phi) is 2.77. The van der Waals surface area contributed by atoms with Crippen molar-refractivity contribution >= 4 is 28.6 Å². The van der Waals surface area contributed by atoms with Crippen molar-refractivity contribution in [3.05, 3.63) is 35.6 Å². The summed E-state index contributed by atoms with van der Waals surface area (Å²) < 4.78 is 1.78. The number of hydrogen-bond acceptors (Lipinski definition) is 6. The van der Waals surface area contributed by atoms with Crippen LogP contribution >= 0.6 is 11.6 Å². The minimum absolute atomic E-state index is 0.0998. The van der Waals surface area contributed by atoms with Gasteiger partial charge in [0.15, 0.2) is 17.0 Å². The minimum Gasteiger partial charge on any atom is -0.306 e. The van der Waals surface area contributed by atoms with Crippen LogP contribution in [0.5, 0.6) is 0 Å². The Labute approximate surface area is 113 Å². The third kappa shape index (κ3) is 1.98. The Morgan fingerprint density at radius 3 is 2.89 bits per heavy atom. The Bertz CT molecular complexity index is 752. The van der Waals surface area contributed by atoms with E-state index < -0.39 is 0 Å². The number of hydrogen-bond donors (Lipinski definition) is 2. The van der Waals surface area contributed by atoms with Crippen LogP contribution in [0.15, 0.2) is 24.8 Å². The smallest absolute Gasteiger partial charge is 0.226 e. The van der Waals surface area contributed by atoms with Crippen molar-refractivity contribution in [1.82, 2.24) is 24.5 Å². The number of hydrazine groups is 1. The number of aryl methyl sites for hydroxylation is 1. The number of aromatic nitrogens is 5. The third-order valence-electron chi connectivity index (χ3n) is 2.64. The number of nitrogens with one attached hydrogen (secondary N) is 1. The lowest BCUT2D eigenvalue weighted by Gasteiger charge is -2.05. The van der Waals surface area contributed by atoms with Gasteiger partial charge in [-0.3, -0.25) is 9.55 Å². The van der Waals surface area contributed by atoms with Crippen LogP contribution in [0.2, 0.25) is 5.28 Å². The molecule has 19 heavy (non-hydrogen) atoms. The van der Waals surface area contributed by atoms with Gasteiger partial charge in [0, 0.05) is 6.20 Å². The Morgan fingerprint density at radius 1 is 1.32 bits per heavy atom. The van der Waals surface area contributed by atoms with E-state index in [4.69, 9.17) is 17.4 Å². The first kappa shape index (κ1) is 11.8. The fraction of sp³-hybridized carbons (Fsp3) is 0.0909. The summed E-state index contributed by atoms with van der Waals surface area (Å²) >= 11 is 5.88. The zero-order chi connectivity index (χ0) is 13.4. The van der Waals surface area contributed by atoms with E-state index in [1.807, 2.05) is 13.0 Å². The summed E-state index contributed by atoms with van der Waals surface area (Å²) in [5.74, 6) is 5.78. The highest BCUT2D eigenvalue weighted by Gasteiger charge is 2.13. The SMILES string of the molecule is Cc1cncc(-n2cnc3c(NN)nc(Cl)nc32)c1. The van der Waals surface area contributed by atoms with E-state index in [1.165, 1.54) is 0 Å². The topological polar surface area (TPSA) is 94.5 Å². The molecule has 0 atom stereocenters. The van der Waals surface area contributed by atoms with Gasteiger partial charge in [0.05, 0.1) is 11.9 Å². The quantitative estimate of drug-likeness (QED) is 0.418. The molecular weight excluding hydrogens is 266 g/mol. The van der Waals surface area contributed by atoms with Crippen LogP contribution < -0.4 is 11.3 Å². The molecule has 0 saturated heterocycles. The lowest BCUT2D eigenvalue weighted by atomic mass is 10.3. The molecule has 3 heterocycles. The predicted octanol–water partition coefficient (Wildman–Crippen LogP) is 1.46. The van der Waals surface area contributed by atoms with Crippen molar-refractivity contribution in [3.63, 3.8) is 0 Å². The second-order valence-electron chi connectivity index (χ2n) is 3.99. The van der Waals surface area contributed by atoms with Gasteiger partial charge in [-0.1, -0.05) is 0 Å². The normalized spacial score (nSPS) is 10.9. The molecule has 0 radical (unpaired) electrons. The highest BCUT2D eigenvalue weighted by molar-refractivity contribution is 6.28. The van der Waals surface area contributed by atoms with Crippen molar-refractivity contribution in [1.29, 1.82) is 0 Å². The van der Waals surface area contributed by atoms with Crippen LogP contribution in [0, 0.1) is 6.92 Å². The number of imidazole rings is 1. The number of nitrogens with two attached hydrogens (primary N) is 1. The first-order valence-corrected chi connectivity index (χ1v) is 5.86. The molecule has 0 saturated carbocycles. The molecule has 7 nitrogen and oxygen atoms in total. The molecule has 0 amide bonds. The van der Waals surface area contributed by atoms with Crippen LogP contribution in [0.25, 0.3) is 16.9 Å².